The van der Waals surface area contributed by atoms with Gasteiger partial charge in [-0.25, -0.2) is 0 Å². The summed E-state index contributed by atoms with van der Waals surface area (Å²) in [6.07, 6.45) is 0. The Kier molecular flexibility index (Phi) is 4.39. The van der Waals surface area contributed by atoms with Crippen LogP contribution in [0.25, 0.3) is 0 Å². The number of halogens is 2. The summed E-state index contributed by atoms with van der Waals surface area (Å²) < 4.78 is 0. The molecule has 15 heavy (non-hydrogen) atoms. The zero-order chi connectivity index (χ0) is 11.4. The van der Waals surface area contributed by atoms with Gasteiger partial charge in [-0.1, -0.05) is 35.3 Å². The topological polar surface area (TPSA) is 55.1 Å². The van der Waals surface area contributed by atoms with E-state index in [-0.39, 0.29) is 6.04 Å². The van der Waals surface area contributed by atoms with Crippen LogP contribution in [0.1, 0.15) is 12.5 Å². The molecular formula is C10H12Cl2N2O. The number of benzene rings is 1. The van der Waals surface area contributed by atoms with Gasteiger partial charge in [0.2, 0.25) is 5.91 Å². The first-order chi connectivity index (χ1) is 7.02. The fraction of sp³-hybridized carbons (Fsp3) is 0.300. The Morgan fingerprint density at radius 3 is 2.80 bits per heavy atom. The summed E-state index contributed by atoms with van der Waals surface area (Å²) in [6, 6.07) is 4.97. The summed E-state index contributed by atoms with van der Waals surface area (Å²) >= 11 is 11.8. The standard InChI is InChI=1S/C10H12Cl2N2O/c1-6(10(13)15)14-5-7-3-2-4-8(11)9(7)12/h2-4,6,14H,5H2,1H3,(H2,13,15). The minimum Gasteiger partial charge on any atom is -0.368 e. The third-order valence-corrected chi connectivity index (χ3v) is 2.92. The van der Waals surface area contributed by atoms with Crippen LogP contribution in [0.2, 0.25) is 10.0 Å². The van der Waals surface area contributed by atoms with Crippen LogP contribution in [0.5, 0.6) is 0 Å². The normalized spacial score (nSPS) is 12.5. The lowest BCUT2D eigenvalue weighted by Crippen LogP contribution is -2.38. The Morgan fingerprint density at radius 1 is 1.53 bits per heavy atom. The molecule has 3 N–H and O–H groups in total. The molecule has 0 spiro atoms. The minimum absolute atomic E-state index is 0.389. The van der Waals surface area contributed by atoms with Crippen LogP contribution in [-0.2, 0) is 11.3 Å². The van der Waals surface area contributed by atoms with E-state index in [0.717, 1.165) is 5.56 Å². The van der Waals surface area contributed by atoms with Crippen LogP contribution >= 0.6 is 23.2 Å². The first-order valence-electron chi connectivity index (χ1n) is 4.48. The molecule has 0 saturated heterocycles. The Morgan fingerprint density at radius 2 is 2.20 bits per heavy atom. The third kappa shape index (κ3) is 3.38. The number of nitrogens with one attached hydrogen (secondary N) is 1. The molecule has 1 unspecified atom stereocenters. The highest BCUT2D eigenvalue weighted by Gasteiger charge is 2.09. The van der Waals surface area contributed by atoms with Crippen molar-refractivity contribution in [3.8, 4) is 0 Å². The number of nitrogens with two attached hydrogens (primary N) is 1. The molecule has 5 heteroatoms. The van der Waals surface area contributed by atoms with E-state index in [1.165, 1.54) is 0 Å². The van der Waals surface area contributed by atoms with Gasteiger partial charge >= 0.3 is 0 Å². The van der Waals surface area contributed by atoms with E-state index in [4.69, 9.17) is 28.9 Å². The van der Waals surface area contributed by atoms with Crippen molar-refractivity contribution in [3.05, 3.63) is 33.8 Å². The van der Waals surface area contributed by atoms with Crippen LogP contribution in [-0.4, -0.2) is 11.9 Å². The smallest absolute Gasteiger partial charge is 0.234 e. The van der Waals surface area contributed by atoms with Gasteiger partial charge in [0.1, 0.15) is 0 Å². The molecule has 1 aromatic rings. The SMILES string of the molecule is CC(NCc1cccc(Cl)c1Cl)C(N)=O. The summed E-state index contributed by atoms with van der Waals surface area (Å²) in [6.45, 7) is 2.16. The fourth-order valence-electron chi connectivity index (χ4n) is 1.05. The summed E-state index contributed by atoms with van der Waals surface area (Å²) in [5, 5.41) is 3.95. The largest absolute Gasteiger partial charge is 0.368 e. The molecule has 1 atom stereocenters. The molecule has 0 aliphatic rings. The molecular weight excluding hydrogens is 235 g/mol. The Labute approximate surface area is 98.5 Å². The van der Waals surface area contributed by atoms with E-state index in [0.29, 0.717) is 16.6 Å². The monoisotopic (exact) mass is 246 g/mol. The number of hydrogen-bond acceptors (Lipinski definition) is 2. The van der Waals surface area contributed by atoms with Crippen LogP contribution in [0.15, 0.2) is 18.2 Å². The van der Waals surface area contributed by atoms with Crippen molar-refractivity contribution in [1.82, 2.24) is 5.32 Å². The molecule has 0 fully saturated rings. The number of amides is 1. The van der Waals surface area contributed by atoms with Crippen LogP contribution in [0.4, 0.5) is 0 Å². The maximum Gasteiger partial charge on any atom is 0.234 e. The molecule has 1 rings (SSSR count). The summed E-state index contributed by atoms with van der Waals surface area (Å²) in [4.78, 5) is 10.8. The molecule has 0 aliphatic carbocycles. The minimum atomic E-state index is -0.395. The van der Waals surface area contributed by atoms with Crippen molar-refractivity contribution >= 4 is 29.1 Å². The fourth-order valence-corrected chi connectivity index (χ4v) is 1.44. The van der Waals surface area contributed by atoms with Crippen LogP contribution in [0, 0.1) is 0 Å². The van der Waals surface area contributed by atoms with Crippen molar-refractivity contribution in [1.29, 1.82) is 0 Å². The van der Waals surface area contributed by atoms with Crippen molar-refractivity contribution in [2.45, 2.75) is 19.5 Å². The number of carbonyl (C=O) groups is 1. The molecule has 3 nitrogen and oxygen atoms in total. The Hall–Kier alpha value is -0.770. The van der Waals surface area contributed by atoms with Gasteiger partial charge in [-0.2, -0.15) is 0 Å². The summed E-state index contributed by atoms with van der Waals surface area (Å²) in [5.74, 6) is -0.395. The van der Waals surface area contributed by atoms with Gasteiger partial charge in [-0.15, -0.1) is 0 Å². The van der Waals surface area contributed by atoms with Gasteiger partial charge in [0.25, 0.3) is 0 Å². The van der Waals surface area contributed by atoms with Gasteiger partial charge in [0, 0.05) is 6.54 Å². The van der Waals surface area contributed by atoms with Gasteiger partial charge in [-0.3, -0.25) is 4.79 Å². The predicted molar refractivity (Wildman–Crippen MR) is 62.0 cm³/mol. The molecule has 1 amide bonds. The second-order valence-corrected chi connectivity index (χ2v) is 4.00. The number of primary amides is 1. The highest BCUT2D eigenvalue weighted by molar-refractivity contribution is 6.42. The average molecular weight is 247 g/mol. The second kappa shape index (κ2) is 5.35. The molecule has 1 aromatic carbocycles. The van der Waals surface area contributed by atoms with E-state index in [1.54, 1.807) is 19.1 Å². The van der Waals surface area contributed by atoms with E-state index in [9.17, 15) is 4.79 Å². The molecule has 82 valence electrons. The van der Waals surface area contributed by atoms with E-state index in [1.807, 2.05) is 6.07 Å². The second-order valence-electron chi connectivity index (χ2n) is 3.22. The van der Waals surface area contributed by atoms with E-state index in [2.05, 4.69) is 5.32 Å². The van der Waals surface area contributed by atoms with Gasteiger partial charge in [0.05, 0.1) is 16.1 Å². The van der Waals surface area contributed by atoms with E-state index >= 15 is 0 Å². The van der Waals surface area contributed by atoms with Crippen molar-refractivity contribution in [2.75, 3.05) is 0 Å². The average Bonchev–Trinajstić information content (AvgIpc) is 2.19. The van der Waals surface area contributed by atoms with Gasteiger partial charge in [0.15, 0.2) is 0 Å². The molecule has 0 saturated carbocycles. The highest BCUT2D eigenvalue weighted by Crippen LogP contribution is 2.25. The zero-order valence-electron chi connectivity index (χ0n) is 8.26. The summed E-state index contributed by atoms with van der Waals surface area (Å²) in [5.41, 5.74) is 5.95. The Bertz CT molecular complexity index is 368. The van der Waals surface area contributed by atoms with Gasteiger partial charge < -0.3 is 11.1 Å². The first kappa shape index (κ1) is 12.3. The molecule has 0 radical (unpaired) electrons. The molecule has 0 heterocycles. The molecule has 0 aromatic heterocycles. The maximum atomic E-state index is 10.8. The molecule has 0 aliphatic heterocycles. The van der Waals surface area contributed by atoms with Crippen molar-refractivity contribution in [3.63, 3.8) is 0 Å². The Balaban J connectivity index is 2.66. The van der Waals surface area contributed by atoms with E-state index < -0.39 is 5.91 Å². The third-order valence-electron chi connectivity index (χ3n) is 2.06. The van der Waals surface area contributed by atoms with Crippen molar-refractivity contribution in [2.24, 2.45) is 5.73 Å². The number of rotatable bonds is 4. The predicted octanol–water partition coefficient (Wildman–Crippen LogP) is 1.96. The van der Waals surface area contributed by atoms with Crippen LogP contribution < -0.4 is 11.1 Å². The number of carbonyl (C=O) groups excluding carboxylic acids is 1. The van der Waals surface area contributed by atoms with Crippen molar-refractivity contribution < 1.29 is 4.79 Å². The summed E-state index contributed by atoms with van der Waals surface area (Å²) in [7, 11) is 0. The number of hydrogen-bond donors (Lipinski definition) is 2. The maximum absolute atomic E-state index is 10.8. The first-order valence-corrected chi connectivity index (χ1v) is 5.23. The lowest BCUT2D eigenvalue weighted by molar-refractivity contribution is -0.119. The van der Waals surface area contributed by atoms with Gasteiger partial charge in [-0.05, 0) is 18.6 Å². The quantitative estimate of drug-likeness (QED) is 0.854. The zero-order valence-corrected chi connectivity index (χ0v) is 9.77. The lowest BCUT2D eigenvalue weighted by atomic mass is 10.2. The highest BCUT2D eigenvalue weighted by atomic mass is 35.5. The lowest BCUT2D eigenvalue weighted by Gasteiger charge is -2.11. The molecule has 0 bridgehead atoms. The van der Waals surface area contributed by atoms with Crippen LogP contribution in [0.3, 0.4) is 0 Å².